The van der Waals surface area contributed by atoms with E-state index in [2.05, 4.69) is 9.88 Å². The van der Waals surface area contributed by atoms with E-state index in [4.69, 9.17) is 16.7 Å². The molecule has 1 unspecified atom stereocenters. The van der Waals surface area contributed by atoms with Gasteiger partial charge in [-0.25, -0.2) is 0 Å². The van der Waals surface area contributed by atoms with Crippen LogP contribution in [0.5, 0.6) is 0 Å². The van der Waals surface area contributed by atoms with Gasteiger partial charge in [-0.05, 0) is 50.6 Å². The molecule has 24 heavy (non-hydrogen) atoms. The monoisotopic (exact) mass is 347 g/mol. The van der Waals surface area contributed by atoms with E-state index >= 15 is 0 Å². The van der Waals surface area contributed by atoms with Crippen LogP contribution in [-0.2, 0) is 4.79 Å². The number of fused-ring (bicyclic) bond motifs is 1. The second kappa shape index (κ2) is 7.36. The number of pyridine rings is 1. The lowest BCUT2D eigenvalue weighted by Crippen LogP contribution is -2.36. The van der Waals surface area contributed by atoms with E-state index in [0.29, 0.717) is 11.1 Å². The quantitative estimate of drug-likeness (QED) is 0.920. The zero-order valence-electron chi connectivity index (χ0n) is 13.8. The Morgan fingerprint density at radius 3 is 3.00 bits per heavy atom. The molecule has 2 heterocycles. The molecule has 5 nitrogen and oxygen atoms in total. The molecular formula is C18H22ClN3O2. The number of hydrogen-bond acceptors (Lipinski definition) is 4. The van der Waals surface area contributed by atoms with Crippen LogP contribution in [-0.4, -0.2) is 53.7 Å². The van der Waals surface area contributed by atoms with Gasteiger partial charge in [-0.1, -0.05) is 11.6 Å². The standard InChI is InChI=1S/C18H22ClN3O2/c1-21(12-18(23)24)14-3-2-9-22(10-7-14)17-6-8-20-16-5-4-13(19)11-15(16)17/h4-6,8,11,14H,2-3,7,9-10,12H2,1H3,(H,23,24). The highest BCUT2D eigenvalue weighted by Gasteiger charge is 2.22. The van der Waals surface area contributed by atoms with Gasteiger partial charge in [0.15, 0.2) is 0 Å². The van der Waals surface area contributed by atoms with Gasteiger partial charge in [-0.3, -0.25) is 14.7 Å². The Morgan fingerprint density at radius 2 is 2.21 bits per heavy atom. The van der Waals surface area contributed by atoms with E-state index < -0.39 is 5.97 Å². The Hall–Kier alpha value is -1.85. The fourth-order valence-electron chi connectivity index (χ4n) is 3.48. The highest BCUT2D eigenvalue weighted by Crippen LogP contribution is 2.30. The van der Waals surface area contributed by atoms with E-state index in [1.165, 1.54) is 0 Å². The summed E-state index contributed by atoms with van der Waals surface area (Å²) in [5.41, 5.74) is 2.10. The number of rotatable bonds is 4. The Balaban J connectivity index is 1.79. The smallest absolute Gasteiger partial charge is 0.317 e. The Kier molecular flexibility index (Phi) is 5.21. The molecule has 1 aliphatic heterocycles. The number of hydrogen-bond donors (Lipinski definition) is 1. The Morgan fingerprint density at radius 1 is 1.38 bits per heavy atom. The van der Waals surface area contributed by atoms with E-state index in [0.717, 1.165) is 48.9 Å². The highest BCUT2D eigenvalue weighted by molar-refractivity contribution is 6.31. The van der Waals surface area contributed by atoms with Crippen LogP contribution in [0.1, 0.15) is 19.3 Å². The van der Waals surface area contributed by atoms with Gasteiger partial charge in [0, 0.05) is 41.4 Å². The largest absolute Gasteiger partial charge is 0.480 e. The van der Waals surface area contributed by atoms with Crippen molar-refractivity contribution in [3.63, 3.8) is 0 Å². The summed E-state index contributed by atoms with van der Waals surface area (Å²) in [6, 6.07) is 8.13. The maximum Gasteiger partial charge on any atom is 0.317 e. The van der Waals surface area contributed by atoms with Crippen LogP contribution in [0.15, 0.2) is 30.5 Å². The van der Waals surface area contributed by atoms with E-state index in [1.54, 1.807) is 0 Å². The van der Waals surface area contributed by atoms with Gasteiger partial charge in [-0.15, -0.1) is 0 Å². The van der Waals surface area contributed by atoms with Gasteiger partial charge in [0.05, 0.1) is 12.1 Å². The third kappa shape index (κ3) is 3.79. The SMILES string of the molecule is CN(CC(=O)O)C1CCCN(c2ccnc3ccc(Cl)cc23)CC1. The molecule has 0 bridgehead atoms. The summed E-state index contributed by atoms with van der Waals surface area (Å²) in [6.45, 7) is 1.96. The molecule has 0 saturated carbocycles. The number of nitrogens with zero attached hydrogens (tertiary/aromatic N) is 3. The van der Waals surface area contributed by atoms with Crippen LogP contribution >= 0.6 is 11.6 Å². The predicted octanol–water partition coefficient (Wildman–Crippen LogP) is 3.26. The van der Waals surface area contributed by atoms with Crippen LogP contribution < -0.4 is 4.90 Å². The zero-order chi connectivity index (χ0) is 17.1. The number of carboxylic acid groups (broad SMARTS) is 1. The van der Waals surface area contributed by atoms with Crippen molar-refractivity contribution in [2.24, 2.45) is 0 Å². The molecule has 6 heteroatoms. The van der Waals surface area contributed by atoms with Crippen LogP contribution in [0.2, 0.25) is 5.02 Å². The average Bonchev–Trinajstić information content (AvgIpc) is 2.79. The second-order valence-electron chi connectivity index (χ2n) is 6.37. The summed E-state index contributed by atoms with van der Waals surface area (Å²) in [6.07, 6.45) is 4.85. The summed E-state index contributed by atoms with van der Waals surface area (Å²) in [5, 5.41) is 10.8. The molecule has 1 atom stereocenters. The van der Waals surface area contributed by atoms with E-state index in [1.807, 2.05) is 42.4 Å². The fraction of sp³-hybridized carbons (Fsp3) is 0.444. The molecule has 1 aliphatic rings. The molecule has 0 aliphatic carbocycles. The molecule has 1 fully saturated rings. The number of carboxylic acids is 1. The molecule has 1 aromatic heterocycles. The highest BCUT2D eigenvalue weighted by atomic mass is 35.5. The number of likely N-dealkylation sites (N-methyl/N-ethyl adjacent to an activating group) is 1. The molecule has 3 rings (SSSR count). The normalized spacial score (nSPS) is 18.8. The van der Waals surface area contributed by atoms with Crippen molar-refractivity contribution in [3.05, 3.63) is 35.5 Å². The molecule has 1 aromatic carbocycles. The first-order valence-corrected chi connectivity index (χ1v) is 8.63. The van der Waals surface area contributed by atoms with Crippen LogP contribution in [0.4, 0.5) is 5.69 Å². The van der Waals surface area contributed by atoms with E-state index in [-0.39, 0.29) is 6.54 Å². The Labute approximate surface area is 146 Å². The van der Waals surface area contributed by atoms with Gasteiger partial charge < -0.3 is 10.0 Å². The first kappa shape index (κ1) is 17.0. The molecule has 0 radical (unpaired) electrons. The van der Waals surface area contributed by atoms with Crippen molar-refractivity contribution in [1.82, 2.24) is 9.88 Å². The van der Waals surface area contributed by atoms with Gasteiger partial charge >= 0.3 is 5.97 Å². The number of halogens is 1. The molecule has 1 N–H and O–H groups in total. The van der Waals surface area contributed by atoms with Gasteiger partial charge in [0.2, 0.25) is 0 Å². The third-order valence-electron chi connectivity index (χ3n) is 4.73. The van der Waals surface area contributed by atoms with Crippen molar-refractivity contribution in [3.8, 4) is 0 Å². The predicted molar refractivity (Wildman–Crippen MR) is 96.9 cm³/mol. The summed E-state index contributed by atoms with van der Waals surface area (Å²) in [7, 11) is 1.90. The molecule has 2 aromatic rings. The fourth-order valence-corrected chi connectivity index (χ4v) is 3.65. The summed E-state index contributed by atoms with van der Waals surface area (Å²) < 4.78 is 0. The van der Waals surface area contributed by atoms with Crippen molar-refractivity contribution in [1.29, 1.82) is 0 Å². The van der Waals surface area contributed by atoms with Gasteiger partial charge in [0.1, 0.15) is 0 Å². The molecule has 0 amide bonds. The maximum absolute atomic E-state index is 10.9. The van der Waals surface area contributed by atoms with Crippen molar-refractivity contribution in [2.75, 3.05) is 31.6 Å². The van der Waals surface area contributed by atoms with Crippen LogP contribution in [0.3, 0.4) is 0 Å². The van der Waals surface area contributed by atoms with Crippen molar-refractivity contribution < 1.29 is 9.90 Å². The molecule has 1 saturated heterocycles. The maximum atomic E-state index is 10.9. The minimum atomic E-state index is -0.770. The minimum Gasteiger partial charge on any atom is -0.480 e. The van der Waals surface area contributed by atoms with Crippen molar-refractivity contribution >= 4 is 34.2 Å². The first-order valence-electron chi connectivity index (χ1n) is 8.26. The summed E-state index contributed by atoms with van der Waals surface area (Å²) in [5.74, 6) is -0.770. The molecular weight excluding hydrogens is 326 g/mol. The van der Waals surface area contributed by atoms with E-state index in [9.17, 15) is 4.79 Å². The van der Waals surface area contributed by atoms with Gasteiger partial charge in [0.25, 0.3) is 0 Å². The topological polar surface area (TPSA) is 56.7 Å². The summed E-state index contributed by atoms with van der Waals surface area (Å²) in [4.78, 5) is 19.7. The third-order valence-corrected chi connectivity index (χ3v) is 4.96. The lowest BCUT2D eigenvalue weighted by atomic mass is 10.1. The number of carbonyl (C=O) groups is 1. The average molecular weight is 348 g/mol. The molecule has 128 valence electrons. The number of benzene rings is 1. The number of aromatic nitrogens is 1. The number of anilines is 1. The minimum absolute atomic E-state index is 0.0957. The van der Waals surface area contributed by atoms with Gasteiger partial charge in [-0.2, -0.15) is 0 Å². The Bertz CT molecular complexity index is 737. The first-order chi connectivity index (χ1) is 11.5. The number of aliphatic carboxylic acids is 1. The van der Waals surface area contributed by atoms with Crippen LogP contribution in [0.25, 0.3) is 10.9 Å². The lowest BCUT2D eigenvalue weighted by molar-refractivity contribution is -0.138. The second-order valence-corrected chi connectivity index (χ2v) is 6.81. The van der Waals surface area contributed by atoms with Crippen molar-refractivity contribution in [2.45, 2.75) is 25.3 Å². The summed E-state index contributed by atoms with van der Waals surface area (Å²) >= 11 is 6.17. The van der Waals surface area contributed by atoms with Crippen LogP contribution in [0, 0.1) is 0 Å². The lowest BCUT2D eigenvalue weighted by Gasteiger charge is -2.26. The molecule has 0 spiro atoms. The zero-order valence-corrected chi connectivity index (χ0v) is 14.5.